The number of nitro benzene ring substituents is 1. The van der Waals surface area contributed by atoms with Crippen molar-refractivity contribution in [2.75, 3.05) is 24.5 Å². The first-order chi connectivity index (χ1) is 24.1. The number of hydrogen-bond acceptors (Lipinski definition) is 7. The number of carbonyl (C=O) groups excluding carboxylic acids is 2. The first-order valence-electron chi connectivity index (χ1n) is 15.8. The molecule has 0 heterocycles. The minimum absolute atomic E-state index is 0.0496. The lowest BCUT2D eigenvalue weighted by atomic mass is 10.0. The number of rotatable bonds is 15. The SMILES string of the molecule is COc1ccc(Cl)cc1N(CC(=O)N(Cc1c(Cl)cccc1Cl)C(Cc1ccccc1)C(=O)NCC(C)C)S(=O)(=O)c1ccc(C)c([N+](=O)[O-])c1. The maximum absolute atomic E-state index is 14.8. The van der Waals surface area contributed by atoms with Crippen LogP contribution < -0.4 is 14.4 Å². The summed E-state index contributed by atoms with van der Waals surface area (Å²) in [4.78, 5) is 40.7. The first-order valence-corrected chi connectivity index (χ1v) is 18.4. The highest BCUT2D eigenvalue weighted by molar-refractivity contribution is 7.92. The molecule has 1 N–H and O–H groups in total. The van der Waals surface area contributed by atoms with E-state index in [1.165, 1.54) is 49.3 Å². The third-order valence-electron chi connectivity index (χ3n) is 8.00. The van der Waals surface area contributed by atoms with Gasteiger partial charge in [0.25, 0.3) is 15.7 Å². The Morgan fingerprint density at radius 1 is 0.941 bits per heavy atom. The normalized spacial score (nSPS) is 11.9. The van der Waals surface area contributed by atoms with Gasteiger partial charge in [0.05, 0.1) is 22.6 Å². The molecule has 0 fully saturated rings. The van der Waals surface area contributed by atoms with Crippen molar-refractivity contribution >= 4 is 68.0 Å². The molecule has 0 aliphatic carbocycles. The molecule has 0 radical (unpaired) electrons. The summed E-state index contributed by atoms with van der Waals surface area (Å²) in [6.45, 7) is 4.51. The fraction of sp³-hybridized carbons (Fsp3) is 0.278. The summed E-state index contributed by atoms with van der Waals surface area (Å²) in [6.07, 6.45) is 0.0654. The molecule has 51 heavy (non-hydrogen) atoms. The Kier molecular flexibility index (Phi) is 13.3. The standard InChI is InChI=1S/C36H37Cl3N4O7S/c1-23(2)20-40-36(45)33(17-25-9-6-5-7-10-25)41(21-28-29(38)11-8-12-30(28)39)35(44)22-42(32-18-26(37)14-16-34(32)50-4)51(48,49)27-15-13-24(3)31(19-27)43(46)47/h5-16,18-19,23,33H,17,20-22H2,1-4H3,(H,40,45). The minimum atomic E-state index is -4.73. The van der Waals surface area contributed by atoms with Gasteiger partial charge in [-0.15, -0.1) is 0 Å². The molecule has 1 unspecified atom stereocenters. The first kappa shape index (κ1) is 39.4. The quantitative estimate of drug-likeness (QED) is 0.0976. The molecular formula is C36H37Cl3N4O7S. The number of sulfonamides is 1. The van der Waals surface area contributed by atoms with E-state index in [2.05, 4.69) is 5.32 Å². The van der Waals surface area contributed by atoms with Gasteiger partial charge in [-0.2, -0.15) is 0 Å². The number of aryl methyl sites for hydroxylation is 1. The Morgan fingerprint density at radius 2 is 1.61 bits per heavy atom. The Balaban J connectivity index is 1.92. The van der Waals surface area contributed by atoms with Crippen molar-refractivity contribution in [3.05, 3.63) is 127 Å². The van der Waals surface area contributed by atoms with Crippen molar-refractivity contribution in [2.45, 2.75) is 44.7 Å². The maximum Gasteiger partial charge on any atom is 0.273 e. The van der Waals surface area contributed by atoms with E-state index >= 15 is 0 Å². The number of methoxy groups -OCH3 is 1. The van der Waals surface area contributed by atoms with Gasteiger partial charge >= 0.3 is 0 Å². The van der Waals surface area contributed by atoms with E-state index < -0.39 is 49.9 Å². The van der Waals surface area contributed by atoms with Crippen LogP contribution in [0, 0.1) is 23.0 Å². The number of nitrogens with zero attached hydrogens (tertiary/aromatic N) is 3. The largest absolute Gasteiger partial charge is 0.495 e. The number of hydrogen-bond donors (Lipinski definition) is 1. The molecule has 0 aliphatic rings. The zero-order valence-electron chi connectivity index (χ0n) is 28.3. The van der Waals surface area contributed by atoms with Gasteiger partial charge in [-0.25, -0.2) is 8.42 Å². The third kappa shape index (κ3) is 9.70. The smallest absolute Gasteiger partial charge is 0.273 e. The summed E-state index contributed by atoms with van der Waals surface area (Å²) in [5.41, 5.74) is 0.771. The van der Waals surface area contributed by atoms with Crippen molar-refractivity contribution in [2.24, 2.45) is 5.92 Å². The van der Waals surface area contributed by atoms with Crippen LogP contribution in [0.5, 0.6) is 5.75 Å². The highest BCUT2D eigenvalue weighted by Gasteiger charge is 2.37. The van der Waals surface area contributed by atoms with Crippen LogP contribution >= 0.6 is 34.8 Å². The molecule has 0 aromatic heterocycles. The van der Waals surface area contributed by atoms with Crippen molar-refractivity contribution in [1.29, 1.82) is 0 Å². The second-order valence-corrected chi connectivity index (χ2v) is 15.2. The number of carbonyl (C=O) groups is 2. The molecule has 4 aromatic carbocycles. The van der Waals surface area contributed by atoms with E-state index in [1.807, 2.05) is 32.0 Å². The molecule has 1 atom stereocenters. The summed E-state index contributed by atoms with van der Waals surface area (Å²) >= 11 is 19.5. The monoisotopic (exact) mass is 774 g/mol. The molecule has 0 bridgehead atoms. The summed E-state index contributed by atoms with van der Waals surface area (Å²) in [7, 11) is -3.41. The van der Waals surface area contributed by atoms with Gasteiger partial charge in [0, 0.05) is 51.8 Å². The Labute approximate surface area is 312 Å². The van der Waals surface area contributed by atoms with Crippen LogP contribution in [0.15, 0.2) is 89.8 Å². The van der Waals surface area contributed by atoms with Gasteiger partial charge in [-0.3, -0.25) is 24.0 Å². The summed E-state index contributed by atoms with van der Waals surface area (Å²) in [5, 5.41) is 15.3. The van der Waals surface area contributed by atoms with Crippen LogP contribution in [0.25, 0.3) is 0 Å². The number of halogens is 3. The fourth-order valence-electron chi connectivity index (χ4n) is 5.28. The van der Waals surface area contributed by atoms with E-state index in [-0.39, 0.29) is 51.0 Å². The van der Waals surface area contributed by atoms with Gasteiger partial charge in [-0.05, 0) is 54.8 Å². The van der Waals surface area contributed by atoms with E-state index in [1.54, 1.807) is 30.3 Å². The van der Waals surface area contributed by atoms with Crippen molar-refractivity contribution in [3.8, 4) is 5.75 Å². The van der Waals surface area contributed by atoms with Crippen molar-refractivity contribution in [3.63, 3.8) is 0 Å². The lowest BCUT2D eigenvalue weighted by molar-refractivity contribution is -0.385. The molecule has 0 saturated carbocycles. The van der Waals surface area contributed by atoms with Crippen LogP contribution in [0.4, 0.5) is 11.4 Å². The molecule has 4 rings (SSSR count). The Bertz CT molecular complexity index is 1990. The van der Waals surface area contributed by atoms with Gasteiger partial charge in [0.15, 0.2) is 0 Å². The molecule has 0 spiro atoms. The second kappa shape index (κ2) is 17.2. The van der Waals surface area contributed by atoms with Gasteiger partial charge < -0.3 is 15.0 Å². The topological polar surface area (TPSA) is 139 Å². The Morgan fingerprint density at radius 3 is 2.22 bits per heavy atom. The molecule has 0 aliphatic heterocycles. The Hall–Kier alpha value is -4.36. The molecule has 270 valence electrons. The highest BCUT2D eigenvalue weighted by atomic mass is 35.5. The van der Waals surface area contributed by atoms with Crippen LogP contribution in [-0.2, 0) is 32.6 Å². The maximum atomic E-state index is 14.8. The molecule has 0 saturated heterocycles. The van der Waals surface area contributed by atoms with Crippen LogP contribution in [0.3, 0.4) is 0 Å². The number of ether oxygens (including phenoxy) is 1. The zero-order chi connectivity index (χ0) is 37.5. The van der Waals surface area contributed by atoms with Crippen LogP contribution in [-0.4, -0.2) is 56.3 Å². The van der Waals surface area contributed by atoms with Crippen molar-refractivity contribution < 1.29 is 27.7 Å². The lowest BCUT2D eigenvalue weighted by Gasteiger charge is -2.34. The van der Waals surface area contributed by atoms with E-state index in [4.69, 9.17) is 39.5 Å². The van der Waals surface area contributed by atoms with Crippen LogP contribution in [0.1, 0.15) is 30.5 Å². The fourth-order valence-corrected chi connectivity index (χ4v) is 7.40. The van der Waals surface area contributed by atoms with E-state index in [9.17, 15) is 28.1 Å². The zero-order valence-corrected chi connectivity index (χ0v) is 31.4. The summed E-state index contributed by atoms with van der Waals surface area (Å²) < 4.78 is 35.3. The molecule has 15 heteroatoms. The summed E-state index contributed by atoms with van der Waals surface area (Å²) in [6, 6.07) is 20.4. The highest BCUT2D eigenvalue weighted by Crippen LogP contribution is 2.36. The number of nitro groups is 1. The third-order valence-corrected chi connectivity index (χ3v) is 10.7. The molecule has 11 nitrogen and oxygen atoms in total. The number of anilines is 1. The summed E-state index contributed by atoms with van der Waals surface area (Å²) in [5.74, 6) is -1.15. The molecular weight excluding hydrogens is 739 g/mol. The van der Waals surface area contributed by atoms with Gasteiger partial charge in [0.1, 0.15) is 18.3 Å². The van der Waals surface area contributed by atoms with Crippen molar-refractivity contribution in [1.82, 2.24) is 10.2 Å². The average Bonchev–Trinajstić information content (AvgIpc) is 3.09. The van der Waals surface area contributed by atoms with E-state index in [0.717, 1.165) is 15.9 Å². The van der Waals surface area contributed by atoms with Gasteiger partial charge in [-0.1, -0.05) is 91.1 Å². The predicted octanol–water partition coefficient (Wildman–Crippen LogP) is 7.48. The van der Waals surface area contributed by atoms with Gasteiger partial charge in [0.2, 0.25) is 11.8 Å². The second-order valence-electron chi connectivity index (χ2n) is 12.1. The average molecular weight is 776 g/mol. The number of nitrogens with one attached hydrogen (secondary N) is 1. The van der Waals surface area contributed by atoms with E-state index in [0.29, 0.717) is 12.1 Å². The molecule has 4 aromatic rings. The lowest BCUT2D eigenvalue weighted by Crippen LogP contribution is -2.53. The number of amides is 2. The minimum Gasteiger partial charge on any atom is -0.495 e. The number of benzene rings is 4. The predicted molar refractivity (Wildman–Crippen MR) is 199 cm³/mol. The van der Waals surface area contributed by atoms with Crippen LogP contribution in [0.2, 0.25) is 15.1 Å². The molecule has 2 amide bonds.